The van der Waals surface area contributed by atoms with Crippen molar-refractivity contribution in [3.8, 4) is 0 Å². The third-order valence-electron chi connectivity index (χ3n) is 6.14. The summed E-state index contributed by atoms with van der Waals surface area (Å²) in [5.41, 5.74) is 1.14. The van der Waals surface area contributed by atoms with Crippen LogP contribution in [0.1, 0.15) is 59.5 Å². The number of hydrogen-bond donors (Lipinski definition) is 2. The fraction of sp³-hybridized carbons (Fsp3) is 0.417. The summed E-state index contributed by atoms with van der Waals surface area (Å²) in [5, 5.41) is 2.91. The molecule has 1 aromatic carbocycles. The van der Waals surface area contributed by atoms with Crippen LogP contribution in [0.4, 0.5) is 5.69 Å². The molecule has 2 N–H and O–H groups in total. The minimum atomic E-state index is -0.460. The minimum absolute atomic E-state index is 0.000932. The number of nitrogens with one attached hydrogen (secondary N) is 2. The molecule has 7 heteroatoms. The van der Waals surface area contributed by atoms with Crippen molar-refractivity contribution in [3.05, 3.63) is 63.6 Å². The number of carbonyl (C=O) groups is 3. The van der Waals surface area contributed by atoms with Gasteiger partial charge in [-0.15, -0.1) is 0 Å². The van der Waals surface area contributed by atoms with Crippen molar-refractivity contribution in [2.75, 3.05) is 18.4 Å². The average molecular weight is 421 g/mol. The predicted molar refractivity (Wildman–Crippen MR) is 117 cm³/mol. The number of pyridine rings is 1. The lowest BCUT2D eigenvalue weighted by Crippen LogP contribution is -2.43. The second kappa shape index (κ2) is 8.13. The number of ketones is 1. The van der Waals surface area contributed by atoms with Crippen LogP contribution in [0.15, 0.2) is 41.2 Å². The van der Waals surface area contributed by atoms with E-state index in [0.29, 0.717) is 50.0 Å². The van der Waals surface area contributed by atoms with Crippen molar-refractivity contribution in [1.82, 2.24) is 9.88 Å². The second-order valence-electron chi connectivity index (χ2n) is 9.27. The number of hydrogen-bond acceptors (Lipinski definition) is 4. The van der Waals surface area contributed by atoms with Gasteiger partial charge in [-0.05, 0) is 42.9 Å². The van der Waals surface area contributed by atoms with Crippen LogP contribution in [-0.4, -0.2) is 40.6 Å². The maximum atomic E-state index is 13.0. The smallest absolute Gasteiger partial charge is 0.261 e. The zero-order valence-electron chi connectivity index (χ0n) is 17.9. The molecule has 31 heavy (non-hydrogen) atoms. The van der Waals surface area contributed by atoms with Crippen molar-refractivity contribution >= 4 is 23.3 Å². The minimum Gasteiger partial charge on any atom is -0.338 e. The Morgan fingerprint density at radius 2 is 1.74 bits per heavy atom. The first-order valence-corrected chi connectivity index (χ1v) is 10.7. The van der Waals surface area contributed by atoms with E-state index in [1.165, 1.54) is 6.07 Å². The lowest BCUT2D eigenvalue weighted by Gasteiger charge is -2.32. The van der Waals surface area contributed by atoms with Crippen LogP contribution in [0.2, 0.25) is 0 Å². The number of H-pyrrole nitrogens is 1. The van der Waals surface area contributed by atoms with E-state index in [9.17, 15) is 19.2 Å². The van der Waals surface area contributed by atoms with Gasteiger partial charge in [0, 0.05) is 42.4 Å². The number of aromatic amines is 1. The van der Waals surface area contributed by atoms with E-state index in [4.69, 9.17) is 0 Å². The zero-order chi connectivity index (χ0) is 22.2. The van der Waals surface area contributed by atoms with Crippen LogP contribution >= 0.6 is 0 Å². The molecule has 1 aliphatic carbocycles. The number of Topliss-reactive ketones (excluding diaryl/α,β-unsaturated/α-hetero) is 1. The fourth-order valence-electron chi connectivity index (χ4n) is 4.47. The summed E-state index contributed by atoms with van der Waals surface area (Å²) >= 11 is 0. The number of benzene rings is 1. The van der Waals surface area contributed by atoms with Crippen molar-refractivity contribution in [1.29, 1.82) is 0 Å². The first-order valence-electron chi connectivity index (χ1n) is 10.7. The standard InChI is InChI=1S/C24H27N3O4/c1-24(2)13-19-17(20(28)14-24)12-18(22(30)26-19)23(31)27-10-8-15(9-11-27)21(29)25-16-6-4-3-5-7-16/h3-7,12,15H,8-11,13-14H2,1-2H3,(H,25,29)(H,26,30). The molecule has 1 aromatic heterocycles. The van der Waals surface area contributed by atoms with Crippen LogP contribution in [0.5, 0.6) is 0 Å². The van der Waals surface area contributed by atoms with Gasteiger partial charge in [0.2, 0.25) is 5.91 Å². The number of rotatable bonds is 3. The SMILES string of the molecule is CC1(C)CC(=O)c2cc(C(=O)N3CCC(C(=O)Nc4ccccc4)CC3)c(=O)[nH]c2C1. The van der Waals surface area contributed by atoms with Gasteiger partial charge in [0.15, 0.2) is 5.78 Å². The molecular formula is C24H27N3O4. The maximum absolute atomic E-state index is 13.0. The first kappa shape index (κ1) is 21.0. The summed E-state index contributed by atoms with van der Waals surface area (Å²) in [6, 6.07) is 10.7. The number of carbonyl (C=O) groups excluding carboxylic acids is 3. The van der Waals surface area contributed by atoms with E-state index < -0.39 is 5.56 Å². The molecule has 2 amide bonds. The molecule has 0 radical (unpaired) electrons. The largest absolute Gasteiger partial charge is 0.338 e. The normalized spacial score (nSPS) is 18.4. The number of fused-ring (bicyclic) bond motifs is 1. The van der Waals surface area contributed by atoms with E-state index in [1.54, 1.807) is 4.90 Å². The Labute approximate surface area is 180 Å². The predicted octanol–water partition coefficient (Wildman–Crippen LogP) is 3.02. The molecule has 0 saturated carbocycles. The Bertz CT molecular complexity index is 1080. The third kappa shape index (κ3) is 4.45. The first-order chi connectivity index (χ1) is 14.7. The number of likely N-dealkylation sites (tertiary alicyclic amines) is 1. The highest BCUT2D eigenvalue weighted by atomic mass is 16.2. The molecule has 1 aliphatic heterocycles. The van der Waals surface area contributed by atoms with Gasteiger partial charge in [0.25, 0.3) is 11.5 Å². The topological polar surface area (TPSA) is 99.3 Å². The number of piperidine rings is 1. The van der Waals surface area contributed by atoms with Gasteiger partial charge in [-0.1, -0.05) is 32.0 Å². The number of amides is 2. The van der Waals surface area contributed by atoms with E-state index >= 15 is 0 Å². The quantitative estimate of drug-likeness (QED) is 0.796. The molecule has 0 bridgehead atoms. The van der Waals surface area contributed by atoms with Crippen LogP contribution in [-0.2, 0) is 11.2 Å². The second-order valence-corrected chi connectivity index (χ2v) is 9.27. The molecule has 4 rings (SSSR count). The van der Waals surface area contributed by atoms with Gasteiger partial charge in [-0.25, -0.2) is 0 Å². The highest BCUT2D eigenvalue weighted by molar-refractivity contribution is 6.02. The number of anilines is 1. The van der Waals surface area contributed by atoms with Crippen LogP contribution in [0.25, 0.3) is 0 Å². The van der Waals surface area contributed by atoms with Gasteiger partial charge >= 0.3 is 0 Å². The van der Waals surface area contributed by atoms with Crippen molar-refractivity contribution in [2.45, 2.75) is 39.5 Å². The lowest BCUT2D eigenvalue weighted by molar-refractivity contribution is -0.121. The summed E-state index contributed by atoms with van der Waals surface area (Å²) in [6.07, 6.45) is 2.04. The molecule has 2 heterocycles. The molecule has 2 aromatic rings. The number of para-hydroxylation sites is 1. The van der Waals surface area contributed by atoms with E-state index in [0.717, 1.165) is 5.69 Å². The highest BCUT2D eigenvalue weighted by Crippen LogP contribution is 2.33. The number of nitrogens with zero attached hydrogens (tertiary/aromatic N) is 1. The Hall–Kier alpha value is -3.22. The van der Waals surface area contributed by atoms with Crippen molar-refractivity contribution in [3.63, 3.8) is 0 Å². The molecular weight excluding hydrogens is 394 g/mol. The summed E-state index contributed by atoms with van der Waals surface area (Å²) < 4.78 is 0. The van der Waals surface area contributed by atoms with E-state index in [1.807, 2.05) is 44.2 Å². The van der Waals surface area contributed by atoms with E-state index in [-0.39, 0.29) is 34.5 Å². The van der Waals surface area contributed by atoms with Gasteiger partial charge in [0.1, 0.15) is 5.56 Å². The van der Waals surface area contributed by atoms with Gasteiger partial charge < -0.3 is 15.2 Å². The Kier molecular flexibility index (Phi) is 5.52. The number of aromatic nitrogens is 1. The van der Waals surface area contributed by atoms with E-state index in [2.05, 4.69) is 10.3 Å². The summed E-state index contributed by atoms with van der Waals surface area (Å²) in [6.45, 7) is 4.76. The molecule has 7 nitrogen and oxygen atoms in total. The van der Waals surface area contributed by atoms with Gasteiger partial charge in [-0.2, -0.15) is 0 Å². The Morgan fingerprint density at radius 3 is 2.42 bits per heavy atom. The fourth-order valence-corrected chi connectivity index (χ4v) is 4.47. The summed E-state index contributed by atoms with van der Waals surface area (Å²) in [4.78, 5) is 55.0. The summed E-state index contributed by atoms with van der Waals surface area (Å²) in [5.74, 6) is -0.676. The molecule has 0 spiro atoms. The van der Waals surface area contributed by atoms with Crippen molar-refractivity contribution in [2.24, 2.45) is 11.3 Å². The maximum Gasteiger partial charge on any atom is 0.261 e. The zero-order valence-corrected chi connectivity index (χ0v) is 17.9. The Balaban J connectivity index is 1.43. The average Bonchev–Trinajstić information content (AvgIpc) is 2.73. The lowest BCUT2D eigenvalue weighted by atomic mass is 9.75. The van der Waals surface area contributed by atoms with Crippen LogP contribution in [0, 0.1) is 11.3 Å². The van der Waals surface area contributed by atoms with Crippen molar-refractivity contribution < 1.29 is 14.4 Å². The summed E-state index contributed by atoms with van der Waals surface area (Å²) in [7, 11) is 0. The third-order valence-corrected chi connectivity index (χ3v) is 6.14. The van der Waals surface area contributed by atoms with Gasteiger partial charge in [0.05, 0.1) is 0 Å². The molecule has 0 atom stereocenters. The van der Waals surface area contributed by atoms with Crippen LogP contribution in [0.3, 0.4) is 0 Å². The molecule has 2 aliphatic rings. The molecule has 162 valence electrons. The monoisotopic (exact) mass is 421 g/mol. The highest BCUT2D eigenvalue weighted by Gasteiger charge is 2.34. The molecule has 1 fully saturated rings. The van der Waals surface area contributed by atoms with Crippen LogP contribution < -0.4 is 10.9 Å². The molecule has 0 unspecified atom stereocenters. The Morgan fingerprint density at radius 1 is 1.06 bits per heavy atom. The molecule has 1 saturated heterocycles. The van der Waals surface area contributed by atoms with Gasteiger partial charge in [-0.3, -0.25) is 19.2 Å².